The average molecular weight is 373 g/mol. The molecule has 118 valence electrons. The van der Waals surface area contributed by atoms with E-state index in [0.29, 0.717) is 24.1 Å². The fourth-order valence-electron chi connectivity index (χ4n) is 3.50. The average Bonchev–Trinajstić information content (AvgIpc) is 2.84. The minimum atomic E-state index is -0.208. The number of ketones is 1. The predicted octanol–water partition coefficient (Wildman–Crippen LogP) is 3.62. The number of anilines is 1. The van der Waals surface area contributed by atoms with Gasteiger partial charge in [0, 0.05) is 22.2 Å². The van der Waals surface area contributed by atoms with E-state index in [2.05, 4.69) is 38.3 Å². The second-order valence-corrected chi connectivity index (χ2v) is 7.25. The van der Waals surface area contributed by atoms with E-state index in [0.717, 1.165) is 27.7 Å². The maximum absolute atomic E-state index is 12.8. The SMILES string of the molecule is Cc1nc2n(n1)[C@@H](c1cccc(Br)c1)C1=C(C[C@H](C)CC1=O)N2. The van der Waals surface area contributed by atoms with Gasteiger partial charge < -0.3 is 5.32 Å². The van der Waals surface area contributed by atoms with Crippen LogP contribution in [0.2, 0.25) is 0 Å². The highest BCUT2D eigenvalue weighted by Crippen LogP contribution is 2.41. The Hall–Kier alpha value is -1.95. The Morgan fingerprint density at radius 3 is 2.96 bits per heavy atom. The lowest BCUT2D eigenvalue weighted by molar-refractivity contribution is -0.117. The zero-order chi connectivity index (χ0) is 16.1. The molecule has 1 aromatic carbocycles. The molecule has 0 bridgehead atoms. The molecule has 0 amide bonds. The lowest BCUT2D eigenvalue weighted by atomic mass is 9.81. The van der Waals surface area contributed by atoms with Gasteiger partial charge in [-0.05, 0) is 37.0 Å². The minimum absolute atomic E-state index is 0.204. The first kappa shape index (κ1) is 14.6. The Labute approximate surface area is 142 Å². The monoisotopic (exact) mass is 372 g/mol. The second-order valence-electron chi connectivity index (χ2n) is 6.34. The number of benzene rings is 1. The van der Waals surface area contributed by atoms with Crippen LogP contribution in [0.4, 0.5) is 5.95 Å². The number of fused-ring (bicyclic) bond motifs is 1. The number of hydrogen-bond acceptors (Lipinski definition) is 4. The zero-order valence-corrected chi connectivity index (χ0v) is 14.6. The maximum Gasteiger partial charge on any atom is 0.226 e. The largest absolute Gasteiger partial charge is 0.328 e. The third kappa shape index (κ3) is 2.41. The standard InChI is InChI=1S/C17H17BrN4O/c1-9-6-13-15(14(23)7-9)16(11-4-3-5-12(18)8-11)22-17(20-13)19-10(2)21-22/h3-5,8-9,16H,6-7H2,1-2H3,(H,19,20,21)/t9-,16-/m0/s1. The number of allylic oxidation sites excluding steroid dienone is 2. The van der Waals surface area contributed by atoms with Gasteiger partial charge in [-0.1, -0.05) is 35.0 Å². The summed E-state index contributed by atoms with van der Waals surface area (Å²) in [6, 6.07) is 7.85. The van der Waals surface area contributed by atoms with Crippen LogP contribution in [-0.4, -0.2) is 20.5 Å². The number of carbonyl (C=O) groups is 1. The van der Waals surface area contributed by atoms with Crippen molar-refractivity contribution in [2.24, 2.45) is 5.92 Å². The maximum atomic E-state index is 12.8. The molecule has 1 aliphatic carbocycles. The van der Waals surface area contributed by atoms with Gasteiger partial charge in [0.1, 0.15) is 11.9 Å². The topological polar surface area (TPSA) is 59.8 Å². The number of aryl methyl sites for hydroxylation is 1. The number of Topliss-reactive ketones (excluding diaryl/α,β-unsaturated/α-hetero) is 1. The van der Waals surface area contributed by atoms with Crippen molar-refractivity contribution in [2.75, 3.05) is 5.32 Å². The summed E-state index contributed by atoms with van der Waals surface area (Å²) in [5, 5.41) is 7.86. The number of rotatable bonds is 1. The number of nitrogens with zero attached hydrogens (tertiary/aromatic N) is 3. The van der Waals surface area contributed by atoms with Gasteiger partial charge in [0.15, 0.2) is 5.78 Å². The molecule has 23 heavy (non-hydrogen) atoms. The van der Waals surface area contributed by atoms with Crippen LogP contribution in [-0.2, 0) is 4.79 Å². The van der Waals surface area contributed by atoms with E-state index >= 15 is 0 Å². The molecular formula is C17H17BrN4O. The molecule has 0 spiro atoms. The molecule has 0 unspecified atom stereocenters. The number of hydrogen-bond donors (Lipinski definition) is 1. The van der Waals surface area contributed by atoms with Gasteiger partial charge in [0.25, 0.3) is 0 Å². The van der Waals surface area contributed by atoms with Crippen LogP contribution in [0.5, 0.6) is 0 Å². The Morgan fingerprint density at radius 2 is 2.17 bits per heavy atom. The number of carbonyl (C=O) groups excluding carboxylic acids is 1. The summed E-state index contributed by atoms with van der Waals surface area (Å²) in [4.78, 5) is 17.2. The zero-order valence-electron chi connectivity index (χ0n) is 13.0. The molecule has 2 atom stereocenters. The summed E-state index contributed by atoms with van der Waals surface area (Å²) >= 11 is 3.52. The van der Waals surface area contributed by atoms with Crippen LogP contribution < -0.4 is 5.32 Å². The molecule has 5 nitrogen and oxygen atoms in total. The van der Waals surface area contributed by atoms with E-state index < -0.39 is 0 Å². The van der Waals surface area contributed by atoms with Crippen molar-refractivity contribution in [1.29, 1.82) is 0 Å². The van der Waals surface area contributed by atoms with Gasteiger partial charge in [-0.2, -0.15) is 10.1 Å². The fourth-order valence-corrected chi connectivity index (χ4v) is 3.92. The highest BCUT2D eigenvalue weighted by Gasteiger charge is 2.38. The summed E-state index contributed by atoms with van der Waals surface area (Å²) < 4.78 is 2.83. The Morgan fingerprint density at radius 1 is 1.35 bits per heavy atom. The van der Waals surface area contributed by atoms with Gasteiger partial charge in [0.05, 0.1) is 0 Å². The lowest BCUT2D eigenvalue weighted by Crippen LogP contribution is -2.33. The molecule has 1 aromatic heterocycles. The number of nitrogens with one attached hydrogen (secondary N) is 1. The quantitative estimate of drug-likeness (QED) is 0.830. The predicted molar refractivity (Wildman–Crippen MR) is 91.1 cm³/mol. The van der Waals surface area contributed by atoms with Crippen LogP contribution in [0, 0.1) is 12.8 Å². The molecule has 4 rings (SSSR count). The first-order valence-corrected chi connectivity index (χ1v) is 8.54. The van der Waals surface area contributed by atoms with Crippen molar-refractivity contribution in [3.8, 4) is 0 Å². The molecule has 0 fully saturated rings. The van der Waals surface area contributed by atoms with E-state index in [1.165, 1.54) is 0 Å². The number of halogens is 1. The minimum Gasteiger partial charge on any atom is -0.328 e. The Balaban J connectivity index is 1.93. The van der Waals surface area contributed by atoms with Crippen LogP contribution in [0.1, 0.15) is 37.2 Å². The van der Waals surface area contributed by atoms with E-state index in [9.17, 15) is 4.79 Å². The first-order chi connectivity index (χ1) is 11.0. The van der Waals surface area contributed by atoms with Crippen LogP contribution in [0.3, 0.4) is 0 Å². The highest BCUT2D eigenvalue weighted by molar-refractivity contribution is 9.10. The molecule has 1 aliphatic heterocycles. The third-order valence-corrected chi connectivity index (χ3v) is 4.89. The van der Waals surface area contributed by atoms with Crippen LogP contribution >= 0.6 is 15.9 Å². The second kappa shape index (κ2) is 5.30. The van der Waals surface area contributed by atoms with Gasteiger partial charge in [-0.15, -0.1) is 0 Å². The summed E-state index contributed by atoms with van der Waals surface area (Å²) in [6.07, 6.45) is 1.46. The molecule has 2 heterocycles. The van der Waals surface area contributed by atoms with Crippen LogP contribution in [0.15, 0.2) is 40.0 Å². The van der Waals surface area contributed by atoms with Crippen LogP contribution in [0.25, 0.3) is 0 Å². The molecule has 2 aliphatic rings. The fraction of sp³-hybridized carbons (Fsp3) is 0.353. The Bertz CT molecular complexity index is 839. The highest BCUT2D eigenvalue weighted by atomic mass is 79.9. The molecule has 6 heteroatoms. The normalized spacial score (nSPS) is 23.3. The summed E-state index contributed by atoms with van der Waals surface area (Å²) in [7, 11) is 0. The van der Waals surface area contributed by atoms with Crippen molar-refractivity contribution in [1.82, 2.24) is 14.8 Å². The van der Waals surface area contributed by atoms with Gasteiger partial charge >= 0.3 is 0 Å². The van der Waals surface area contributed by atoms with Gasteiger partial charge in [-0.25, -0.2) is 4.68 Å². The molecule has 0 saturated heterocycles. The van der Waals surface area contributed by atoms with Crippen molar-refractivity contribution >= 4 is 27.7 Å². The van der Waals surface area contributed by atoms with Crippen molar-refractivity contribution in [2.45, 2.75) is 32.7 Å². The molecule has 2 aromatic rings. The third-order valence-electron chi connectivity index (χ3n) is 4.39. The van der Waals surface area contributed by atoms with Crippen molar-refractivity contribution < 1.29 is 4.79 Å². The van der Waals surface area contributed by atoms with E-state index in [1.807, 2.05) is 35.9 Å². The van der Waals surface area contributed by atoms with E-state index in [4.69, 9.17) is 0 Å². The van der Waals surface area contributed by atoms with Gasteiger partial charge in [0.2, 0.25) is 5.95 Å². The van der Waals surface area contributed by atoms with Gasteiger partial charge in [-0.3, -0.25) is 4.79 Å². The molecule has 0 radical (unpaired) electrons. The molecule has 1 N–H and O–H groups in total. The lowest BCUT2D eigenvalue weighted by Gasteiger charge is -2.34. The smallest absolute Gasteiger partial charge is 0.226 e. The molecule has 0 saturated carbocycles. The van der Waals surface area contributed by atoms with Crippen molar-refractivity contribution in [3.05, 3.63) is 51.4 Å². The first-order valence-electron chi connectivity index (χ1n) is 7.75. The summed E-state index contributed by atoms with van der Waals surface area (Å²) in [5.74, 6) is 1.98. The Kier molecular flexibility index (Phi) is 3.37. The summed E-state index contributed by atoms with van der Waals surface area (Å²) in [5.41, 5.74) is 2.87. The van der Waals surface area contributed by atoms with E-state index in [1.54, 1.807) is 0 Å². The summed E-state index contributed by atoms with van der Waals surface area (Å²) in [6.45, 7) is 3.98. The molecular weight excluding hydrogens is 356 g/mol. The van der Waals surface area contributed by atoms with E-state index in [-0.39, 0.29) is 11.8 Å². The van der Waals surface area contributed by atoms with Crippen molar-refractivity contribution in [3.63, 3.8) is 0 Å². The number of aromatic nitrogens is 3.